The largest absolute Gasteiger partial charge is 0.493 e. The quantitative estimate of drug-likeness (QED) is 0.501. The molecule has 0 saturated heterocycles. The van der Waals surface area contributed by atoms with E-state index in [2.05, 4.69) is 15.5 Å². The fraction of sp³-hybridized carbons (Fsp3) is 0.263. The predicted molar refractivity (Wildman–Crippen MR) is 108 cm³/mol. The molecule has 1 amide bonds. The van der Waals surface area contributed by atoms with Crippen LogP contribution in [0.3, 0.4) is 0 Å². The fourth-order valence-electron chi connectivity index (χ4n) is 2.43. The molecule has 0 heterocycles. The topological polar surface area (TPSA) is 89.4 Å². The van der Waals surface area contributed by atoms with Gasteiger partial charge in [-0.25, -0.2) is 0 Å². The number of azo groups is 1. The van der Waals surface area contributed by atoms with Crippen LogP contribution in [0, 0.1) is 6.92 Å². The molecular formula is C19H19Cl2N3O4. The van der Waals surface area contributed by atoms with Crippen molar-refractivity contribution < 1.29 is 19.1 Å². The molecule has 0 saturated carbocycles. The summed E-state index contributed by atoms with van der Waals surface area (Å²) in [7, 11) is 2.87. The summed E-state index contributed by atoms with van der Waals surface area (Å²) in [6.45, 7) is 3.09. The van der Waals surface area contributed by atoms with Crippen LogP contribution in [0.15, 0.2) is 40.6 Å². The minimum absolute atomic E-state index is 0.175. The Bertz CT molecular complexity index is 911. The number of hydrogen-bond donors (Lipinski definition) is 1. The minimum Gasteiger partial charge on any atom is -0.493 e. The number of Topliss-reactive ketones (excluding diaryl/α,β-unsaturated/α-hetero) is 1. The molecule has 0 aliphatic carbocycles. The molecule has 7 nitrogen and oxygen atoms in total. The van der Waals surface area contributed by atoms with Crippen molar-refractivity contribution >= 4 is 46.3 Å². The smallest absolute Gasteiger partial charge is 0.258 e. The first-order valence-electron chi connectivity index (χ1n) is 8.16. The molecule has 2 rings (SSSR count). The Morgan fingerprint density at radius 3 is 2.39 bits per heavy atom. The van der Waals surface area contributed by atoms with Gasteiger partial charge in [0.1, 0.15) is 5.69 Å². The van der Waals surface area contributed by atoms with Gasteiger partial charge < -0.3 is 14.8 Å². The highest BCUT2D eigenvalue weighted by atomic mass is 35.5. The van der Waals surface area contributed by atoms with E-state index in [1.165, 1.54) is 27.2 Å². The summed E-state index contributed by atoms with van der Waals surface area (Å²) in [5.41, 5.74) is 1.48. The SMILES string of the molecule is COc1ccc(Cl)c(NC(=O)C(N=Nc2cc(C)cc(Cl)c2)C(C)=O)c1OC. The van der Waals surface area contributed by atoms with Crippen LogP contribution in [-0.4, -0.2) is 32.0 Å². The van der Waals surface area contributed by atoms with E-state index in [1.54, 1.807) is 24.3 Å². The van der Waals surface area contributed by atoms with Crippen molar-refractivity contribution in [3.8, 4) is 11.5 Å². The van der Waals surface area contributed by atoms with Gasteiger partial charge in [0, 0.05) is 5.02 Å². The van der Waals surface area contributed by atoms with E-state index in [0.29, 0.717) is 16.5 Å². The number of benzene rings is 2. The molecule has 1 unspecified atom stereocenters. The number of hydrogen-bond acceptors (Lipinski definition) is 6. The van der Waals surface area contributed by atoms with Crippen LogP contribution >= 0.6 is 23.2 Å². The first-order chi connectivity index (χ1) is 13.3. The number of ether oxygens (including phenoxy) is 2. The number of anilines is 1. The van der Waals surface area contributed by atoms with Crippen LogP contribution in [-0.2, 0) is 9.59 Å². The van der Waals surface area contributed by atoms with Crippen LogP contribution in [0.25, 0.3) is 0 Å². The second-order valence-corrected chi connectivity index (χ2v) is 6.71. The van der Waals surface area contributed by atoms with Crippen molar-refractivity contribution in [3.05, 3.63) is 45.9 Å². The number of nitrogens with zero attached hydrogens (tertiary/aromatic N) is 2. The van der Waals surface area contributed by atoms with Crippen LogP contribution in [0.2, 0.25) is 10.0 Å². The number of rotatable bonds is 7. The number of aryl methyl sites for hydroxylation is 1. The highest BCUT2D eigenvalue weighted by Crippen LogP contribution is 2.40. The standard InChI is InChI=1S/C19H19Cl2N3O4/c1-10-7-12(20)9-13(8-10)23-24-16(11(2)25)19(26)22-17-14(21)5-6-15(27-3)18(17)28-4/h5-9,16H,1-4H3,(H,22,26). The van der Waals surface area contributed by atoms with Gasteiger partial charge in [-0.05, 0) is 49.7 Å². The number of carbonyl (C=O) groups is 2. The summed E-state index contributed by atoms with van der Waals surface area (Å²) in [5, 5.41) is 11.1. The van der Waals surface area contributed by atoms with E-state index < -0.39 is 17.7 Å². The molecule has 28 heavy (non-hydrogen) atoms. The van der Waals surface area contributed by atoms with Crippen LogP contribution in [0.4, 0.5) is 11.4 Å². The third-order valence-electron chi connectivity index (χ3n) is 3.69. The van der Waals surface area contributed by atoms with Gasteiger partial charge in [-0.2, -0.15) is 10.2 Å². The van der Waals surface area contributed by atoms with E-state index in [4.69, 9.17) is 32.7 Å². The van der Waals surface area contributed by atoms with Crippen LogP contribution in [0.1, 0.15) is 12.5 Å². The third kappa shape index (κ3) is 5.21. The highest BCUT2D eigenvalue weighted by molar-refractivity contribution is 6.34. The van der Waals surface area contributed by atoms with Gasteiger partial charge in [-0.1, -0.05) is 23.2 Å². The Kier molecular flexibility index (Phi) is 7.37. The van der Waals surface area contributed by atoms with Gasteiger partial charge in [-0.3, -0.25) is 9.59 Å². The van der Waals surface area contributed by atoms with Crippen molar-refractivity contribution in [1.29, 1.82) is 0 Å². The summed E-state index contributed by atoms with van der Waals surface area (Å²) in [5.74, 6) is -0.591. The number of methoxy groups -OCH3 is 2. The van der Waals surface area contributed by atoms with E-state index in [1.807, 2.05) is 6.92 Å². The highest BCUT2D eigenvalue weighted by Gasteiger charge is 2.26. The normalized spacial score (nSPS) is 11.9. The Balaban J connectivity index is 2.32. The number of halogens is 2. The Hall–Kier alpha value is -2.64. The molecule has 0 radical (unpaired) electrons. The van der Waals surface area contributed by atoms with Gasteiger partial charge in [0.05, 0.1) is 24.9 Å². The molecule has 0 aliphatic heterocycles. The lowest BCUT2D eigenvalue weighted by Gasteiger charge is -2.16. The first kappa shape index (κ1) is 21.7. The molecule has 2 aromatic rings. The summed E-state index contributed by atoms with van der Waals surface area (Å²) in [6.07, 6.45) is 0. The van der Waals surface area contributed by atoms with Crippen LogP contribution in [0.5, 0.6) is 11.5 Å². The van der Waals surface area contributed by atoms with E-state index >= 15 is 0 Å². The molecule has 148 valence electrons. The molecule has 9 heteroatoms. The molecule has 0 spiro atoms. The lowest BCUT2D eigenvalue weighted by atomic mass is 10.2. The lowest BCUT2D eigenvalue weighted by molar-refractivity contribution is -0.126. The van der Waals surface area contributed by atoms with Crippen molar-refractivity contribution in [2.75, 3.05) is 19.5 Å². The lowest BCUT2D eigenvalue weighted by Crippen LogP contribution is -2.32. The van der Waals surface area contributed by atoms with Gasteiger partial charge in [0.15, 0.2) is 17.3 Å². The van der Waals surface area contributed by atoms with Crippen LogP contribution < -0.4 is 14.8 Å². The second kappa shape index (κ2) is 9.52. The summed E-state index contributed by atoms with van der Waals surface area (Å²) in [4.78, 5) is 24.6. The second-order valence-electron chi connectivity index (χ2n) is 5.86. The Morgan fingerprint density at radius 2 is 1.82 bits per heavy atom. The minimum atomic E-state index is -1.37. The van der Waals surface area contributed by atoms with Gasteiger partial charge >= 0.3 is 0 Å². The predicted octanol–water partition coefficient (Wildman–Crippen LogP) is 5.00. The fourth-order valence-corrected chi connectivity index (χ4v) is 2.91. The summed E-state index contributed by atoms with van der Waals surface area (Å²) >= 11 is 12.2. The average Bonchev–Trinajstić information content (AvgIpc) is 2.62. The molecule has 0 aliphatic rings. The van der Waals surface area contributed by atoms with E-state index in [0.717, 1.165) is 5.56 Å². The third-order valence-corrected chi connectivity index (χ3v) is 4.23. The molecule has 0 fully saturated rings. The van der Waals surface area contributed by atoms with Crippen molar-refractivity contribution in [3.63, 3.8) is 0 Å². The maximum absolute atomic E-state index is 12.7. The zero-order chi connectivity index (χ0) is 20.8. The van der Waals surface area contributed by atoms with Gasteiger partial charge in [0.25, 0.3) is 5.91 Å². The zero-order valence-electron chi connectivity index (χ0n) is 15.7. The number of ketones is 1. The average molecular weight is 424 g/mol. The van der Waals surface area contributed by atoms with Gasteiger partial charge in [-0.15, -0.1) is 0 Å². The summed E-state index contributed by atoms with van der Waals surface area (Å²) < 4.78 is 10.5. The molecule has 1 N–H and O–H groups in total. The monoisotopic (exact) mass is 423 g/mol. The number of nitrogens with one attached hydrogen (secondary N) is 1. The molecule has 0 aromatic heterocycles. The molecular weight excluding hydrogens is 405 g/mol. The number of amides is 1. The van der Waals surface area contributed by atoms with Gasteiger partial charge in [0.2, 0.25) is 6.04 Å². The maximum atomic E-state index is 12.7. The molecule has 1 atom stereocenters. The number of carbonyl (C=O) groups excluding carboxylic acids is 2. The molecule has 0 bridgehead atoms. The zero-order valence-corrected chi connectivity index (χ0v) is 17.3. The van der Waals surface area contributed by atoms with Crippen molar-refractivity contribution in [1.82, 2.24) is 0 Å². The molecule has 2 aromatic carbocycles. The first-order valence-corrected chi connectivity index (χ1v) is 8.92. The van der Waals surface area contributed by atoms with E-state index in [9.17, 15) is 9.59 Å². The van der Waals surface area contributed by atoms with E-state index in [-0.39, 0.29) is 16.5 Å². The Morgan fingerprint density at radius 1 is 1.11 bits per heavy atom. The van der Waals surface area contributed by atoms with Crippen molar-refractivity contribution in [2.45, 2.75) is 19.9 Å². The maximum Gasteiger partial charge on any atom is 0.258 e. The van der Waals surface area contributed by atoms with Crippen molar-refractivity contribution in [2.24, 2.45) is 10.2 Å². The Labute approximate surface area is 172 Å². The summed E-state index contributed by atoms with van der Waals surface area (Å²) in [6, 6.07) is 6.83.